The second kappa shape index (κ2) is 8.46. The van der Waals surface area contributed by atoms with Crippen LogP contribution in [0.5, 0.6) is 0 Å². The van der Waals surface area contributed by atoms with Crippen LogP contribution in [0.25, 0.3) is 0 Å². The fourth-order valence-corrected chi connectivity index (χ4v) is 3.53. The van der Waals surface area contributed by atoms with Crippen molar-refractivity contribution in [2.75, 3.05) is 6.54 Å². The monoisotopic (exact) mass is 273 g/mol. The number of hydrogen-bond donors (Lipinski definition) is 1. The third kappa shape index (κ3) is 4.09. The average molecular weight is 273 g/mol. The molecule has 1 nitrogen and oxygen atoms in total. The lowest BCUT2D eigenvalue weighted by atomic mass is 9.93. The topological polar surface area (TPSA) is 12.0 Å². The van der Waals surface area contributed by atoms with Crippen LogP contribution in [-0.4, -0.2) is 6.54 Å². The molecule has 0 heterocycles. The molecule has 2 atom stereocenters. The zero-order chi connectivity index (χ0) is 14.2. The Morgan fingerprint density at radius 2 is 1.80 bits per heavy atom. The Balaban J connectivity index is 1.88. The predicted molar refractivity (Wildman–Crippen MR) is 88.0 cm³/mol. The minimum atomic E-state index is 0.609. The van der Waals surface area contributed by atoms with Crippen molar-refractivity contribution >= 4 is 0 Å². The van der Waals surface area contributed by atoms with E-state index in [9.17, 15) is 0 Å². The minimum Gasteiger partial charge on any atom is -0.310 e. The lowest BCUT2D eigenvalue weighted by molar-refractivity contribution is 0.354. The number of fused-ring (bicyclic) bond motifs is 1. The molecule has 1 aromatic rings. The highest BCUT2D eigenvalue weighted by atomic mass is 14.9. The Morgan fingerprint density at radius 1 is 1.00 bits per heavy atom. The van der Waals surface area contributed by atoms with Crippen LogP contribution in [-0.2, 0) is 6.42 Å². The summed E-state index contributed by atoms with van der Waals surface area (Å²) in [6.07, 6.45) is 10.9. The van der Waals surface area contributed by atoms with E-state index in [0.717, 1.165) is 12.5 Å². The summed E-state index contributed by atoms with van der Waals surface area (Å²) >= 11 is 0. The van der Waals surface area contributed by atoms with Gasteiger partial charge in [-0.15, -0.1) is 0 Å². The minimum absolute atomic E-state index is 0.609. The number of unbranched alkanes of at least 4 members (excludes halogenated alkanes) is 4. The van der Waals surface area contributed by atoms with Crippen molar-refractivity contribution < 1.29 is 0 Å². The van der Waals surface area contributed by atoms with Gasteiger partial charge in [-0.05, 0) is 42.9 Å². The molecule has 1 aliphatic rings. The molecule has 20 heavy (non-hydrogen) atoms. The van der Waals surface area contributed by atoms with Gasteiger partial charge < -0.3 is 5.32 Å². The van der Waals surface area contributed by atoms with Gasteiger partial charge in [0.15, 0.2) is 0 Å². The van der Waals surface area contributed by atoms with Crippen LogP contribution in [0.2, 0.25) is 0 Å². The van der Waals surface area contributed by atoms with Gasteiger partial charge in [-0.25, -0.2) is 0 Å². The highest BCUT2D eigenvalue weighted by molar-refractivity contribution is 5.35. The standard InChI is InChI=1S/C19H31N/c1-3-5-6-7-8-12-17-15-16-11-9-10-13-18(16)19(17)20-14-4-2/h9-11,13,17,19-20H,3-8,12,14-15H2,1-2H3. The van der Waals surface area contributed by atoms with Crippen LogP contribution in [0.3, 0.4) is 0 Å². The van der Waals surface area contributed by atoms with E-state index in [4.69, 9.17) is 0 Å². The Hall–Kier alpha value is -0.820. The van der Waals surface area contributed by atoms with Crippen molar-refractivity contribution in [3.05, 3.63) is 35.4 Å². The summed E-state index contributed by atoms with van der Waals surface area (Å²) in [7, 11) is 0. The Labute approximate surface area is 125 Å². The molecular formula is C19H31N. The van der Waals surface area contributed by atoms with Crippen LogP contribution in [0.15, 0.2) is 24.3 Å². The van der Waals surface area contributed by atoms with E-state index in [0.29, 0.717) is 6.04 Å². The van der Waals surface area contributed by atoms with Crippen molar-refractivity contribution in [1.82, 2.24) is 5.32 Å². The highest BCUT2D eigenvalue weighted by Gasteiger charge is 2.30. The van der Waals surface area contributed by atoms with Crippen molar-refractivity contribution in [1.29, 1.82) is 0 Å². The summed E-state index contributed by atoms with van der Waals surface area (Å²) in [5.41, 5.74) is 3.15. The third-order valence-electron chi connectivity index (χ3n) is 4.64. The first-order valence-corrected chi connectivity index (χ1v) is 8.68. The zero-order valence-electron chi connectivity index (χ0n) is 13.3. The van der Waals surface area contributed by atoms with Gasteiger partial charge in [-0.3, -0.25) is 0 Å². The fraction of sp³-hybridized carbons (Fsp3) is 0.684. The maximum absolute atomic E-state index is 3.79. The summed E-state index contributed by atoms with van der Waals surface area (Å²) < 4.78 is 0. The molecule has 2 rings (SSSR count). The number of nitrogens with one attached hydrogen (secondary N) is 1. The van der Waals surface area contributed by atoms with E-state index in [1.165, 1.54) is 51.4 Å². The quantitative estimate of drug-likeness (QED) is 0.605. The Bertz CT molecular complexity index is 385. The summed E-state index contributed by atoms with van der Waals surface area (Å²) in [6, 6.07) is 9.66. The highest BCUT2D eigenvalue weighted by Crippen LogP contribution is 2.38. The van der Waals surface area contributed by atoms with E-state index < -0.39 is 0 Å². The lowest BCUT2D eigenvalue weighted by Gasteiger charge is -2.22. The summed E-state index contributed by atoms with van der Waals surface area (Å²) in [5, 5.41) is 3.79. The molecule has 0 fully saturated rings. The second-order valence-corrected chi connectivity index (χ2v) is 6.30. The molecule has 0 saturated carbocycles. The van der Waals surface area contributed by atoms with Crippen LogP contribution in [0, 0.1) is 5.92 Å². The molecule has 1 aromatic carbocycles. The van der Waals surface area contributed by atoms with Crippen LogP contribution in [0.1, 0.15) is 76.0 Å². The molecule has 1 aliphatic carbocycles. The fourth-order valence-electron chi connectivity index (χ4n) is 3.53. The first-order chi connectivity index (χ1) is 9.86. The van der Waals surface area contributed by atoms with Gasteiger partial charge in [0.2, 0.25) is 0 Å². The van der Waals surface area contributed by atoms with Gasteiger partial charge >= 0.3 is 0 Å². The molecule has 0 spiro atoms. The largest absolute Gasteiger partial charge is 0.310 e. The maximum Gasteiger partial charge on any atom is 0.0354 e. The molecule has 0 radical (unpaired) electrons. The van der Waals surface area contributed by atoms with Crippen molar-refractivity contribution in [2.45, 2.75) is 71.3 Å². The average Bonchev–Trinajstić information content (AvgIpc) is 2.82. The molecule has 1 N–H and O–H groups in total. The first kappa shape index (κ1) is 15.6. The normalized spacial score (nSPS) is 21.1. The van der Waals surface area contributed by atoms with E-state index >= 15 is 0 Å². The first-order valence-electron chi connectivity index (χ1n) is 8.68. The molecule has 0 bridgehead atoms. The summed E-state index contributed by atoms with van der Waals surface area (Å²) in [6.45, 7) is 5.69. The third-order valence-corrected chi connectivity index (χ3v) is 4.64. The van der Waals surface area contributed by atoms with Crippen molar-refractivity contribution in [3.8, 4) is 0 Å². The summed E-state index contributed by atoms with van der Waals surface area (Å²) in [5.74, 6) is 0.820. The molecule has 0 aromatic heterocycles. The van der Waals surface area contributed by atoms with Gasteiger partial charge in [0, 0.05) is 6.04 Å². The number of hydrogen-bond acceptors (Lipinski definition) is 1. The SMILES string of the molecule is CCCCCCCC1Cc2ccccc2C1NCCC. The van der Waals surface area contributed by atoms with Gasteiger partial charge in [0.1, 0.15) is 0 Å². The van der Waals surface area contributed by atoms with E-state index in [1.54, 1.807) is 11.1 Å². The lowest BCUT2D eigenvalue weighted by Crippen LogP contribution is -2.26. The maximum atomic E-state index is 3.79. The van der Waals surface area contributed by atoms with Crippen LogP contribution >= 0.6 is 0 Å². The van der Waals surface area contributed by atoms with Crippen LogP contribution in [0.4, 0.5) is 0 Å². The smallest absolute Gasteiger partial charge is 0.0354 e. The second-order valence-electron chi connectivity index (χ2n) is 6.30. The van der Waals surface area contributed by atoms with Gasteiger partial charge in [0.05, 0.1) is 0 Å². The van der Waals surface area contributed by atoms with E-state index in [-0.39, 0.29) is 0 Å². The van der Waals surface area contributed by atoms with Crippen molar-refractivity contribution in [2.24, 2.45) is 5.92 Å². The Kier molecular flexibility index (Phi) is 6.59. The predicted octanol–water partition coefficient (Wildman–Crippen LogP) is 5.26. The molecule has 112 valence electrons. The Morgan fingerprint density at radius 3 is 2.60 bits per heavy atom. The molecule has 0 saturated heterocycles. The van der Waals surface area contributed by atoms with Gasteiger partial charge in [0.25, 0.3) is 0 Å². The van der Waals surface area contributed by atoms with E-state index in [1.807, 2.05) is 0 Å². The number of benzene rings is 1. The van der Waals surface area contributed by atoms with Gasteiger partial charge in [-0.1, -0.05) is 70.2 Å². The number of rotatable bonds is 9. The van der Waals surface area contributed by atoms with E-state index in [2.05, 4.69) is 43.4 Å². The summed E-state index contributed by atoms with van der Waals surface area (Å²) in [4.78, 5) is 0. The molecule has 0 aliphatic heterocycles. The van der Waals surface area contributed by atoms with Crippen molar-refractivity contribution in [3.63, 3.8) is 0 Å². The zero-order valence-corrected chi connectivity index (χ0v) is 13.3. The molecular weight excluding hydrogens is 242 g/mol. The van der Waals surface area contributed by atoms with Crippen LogP contribution < -0.4 is 5.32 Å². The molecule has 2 unspecified atom stereocenters. The molecule has 1 heteroatoms. The van der Waals surface area contributed by atoms with Gasteiger partial charge in [-0.2, -0.15) is 0 Å². The molecule has 0 amide bonds.